The maximum absolute atomic E-state index is 12.3. The Morgan fingerprint density at radius 2 is 2.05 bits per heavy atom. The maximum atomic E-state index is 12.3. The van der Waals surface area contributed by atoms with E-state index in [9.17, 15) is 4.79 Å². The van der Waals surface area contributed by atoms with Crippen molar-refractivity contribution in [3.8, 4) is 0 Å². The van der Waals surface area contributed by atoms with Crippen molar-refractivity contribution in [1.82, 2.24) is 4.98 Å². The molecule has 1 heterocycles. The van der Waals surface area contributed by atoms with E-state index in [4.69, 9.17) is 0 Å². The minimum atomic E-state index is -0.153. The van der Waals surface area contributed by atoms with E-state index in [2.05, 4.69) is 39.2 Å². The van der Waals surface area contributed by atoms with Gasteiger partial charge in [-0.3, -0.25) is 10.1 Å². The normalized spacial score (nSPS) is 10.8. The number of halogens is 1. The Bertz CT molecular complexity index is 813. The number of aromatic nitrogens is 1. The highest BCUT2D eigenvalue weighted by Crippen LogP contribution is 2.29. The van der Waals surface area contributed by atoms with Gasteiger partial charge in [0.25, 0.3) is 5.91 Å². The topological polar surface area (TPSA) is 42.0 Å². The van der Waals surface area contributed by atoms with Gasteiger partial charge < -0.3 is 0 Å². The number of fused-ring (bicyclic) bond motifs is 1. The lowest BCUT2D eigenvalue weighted by Crippen LogP contribution is -2.12. The molecule has 1 aromatic heterocycles. The molecular weight excluding hydrogens is 348 g/mol. The molecule has 0 bridgehead atoms. The maximum Gasteiger partial charge on any atom is 0.258 e. The number of aryl methyl sites for hydroxylation is 1. The molecule has 0 aliphatic rings. The summed E-state index contributed by atoms with van der Waals surface area (Å²) < 4.78 is 1.87. The van der Waals surface area contributed by atoms with E-state index in [1.165, 1.54) is 16.9 Å². The molecule has 5 heteroatoms. The molecule has 0 unspecified atom stereocenters. The molecule has 0 saturated heterocycles. The quantitative estimate of drug-likeness (QED) is 0.723. The van der Waals surface area contributed by atoms with Crippen molar-refractivity contribution in [2.24, 2.45) is 0 Å². The van der Waals surface area contributed by atoms with Gasteiger partial charge in [-0.1, -0.05) is 42.5 Å². The van der Waals surface area contributed by atoms with Crippen LogP contribution in [0.1, 0.15) is 22.8 Å². The van der Waals surface area contributed by atoms with Crippen LogP contribution in [0.25, 0.3) is 10.2 Å². The van der Waals surface area contributed by atoms with Crippen molar-refractivity contribution < 1.29 is 4.79 Å². The minimum absolute atomic E-state index is 0.153. The summed E-state index contributed by atoms with van der Waals surface area (Å²) in [7, 11) is 0. The van der Waals surface area contributed by atoms with Gasteiger partial charge in [-0.15, -0.1) is 0 Å². The van der Waals surface area contributed by atoms with Crippen LogP contribution in [0, 0.1) is 0 Å². The van der Waals surface area contributed by atoms with Crippen molar-refractivity contribution >= 4 is 48.5 Å². The monoisotopic (exact) mass is 360 g/mol. The second-order valence-electron chi connectivity index (χ2n) is 4.57. The van der Waals surface area contributed by atoms with Crippen molar-refractivity contribution in [3.05, 3.63) is 58.1 Å². The lowest BCUT2D eigenvalue weighted by atomic mass is 10.1. The molecule has 2 aromatic carbocycles. The summed E-state index contributed by atoms with van der Waals surface area (Å²) >= 11 is 4.89. The highest BCUT2D eigenvalue weighted by molar-refractivity contribution is 9.10. The number of nitrogens with zero attached hydrogens (tertiary/aromatic N) is 1. The lowest BCUT2D eigenvalue weighted by molar-refractivity contribution is 0.102. The van der Waals surface area contributed by atoms with E-state index < -0.39 is 0 Å². The van der Waals surface area contributed by atoms with Crippen LogP contribution in [0.2, 0.25) is 0 Å². The van der Waals surface area contributed by atoms with Gasteiger partial charge in [0, 0.05) is 4.47 Å². The van der Waals surface area contributed by atoms with Crippen LogP contribution in [0.5, 0.6) is 0 Å². The van der Waals surface area contributed by atoms with Crippen molar-refractivity contribution in [3.63, 3.8) is 0 Å². The van der Waals surface area contributed by atoms with Crippen LogP contribution in [0.15, 0.2) is 46.9 Å². The van der Waals surface area contributed by atoms with E-state index in [0.29, 0.717) is 10.7 Å². The summed E-state index contributed by atoms with van der Waals surface area (Å²) in [6, 6.07) is 13.5. The zero-order chi connectivity index (χ0) is 14.8. The van der Waals surface area contributed by atoms with E-state index in [-0.39, 0.29) is 5.91 Å². The number of anilines is 1. The summed E-state index contributed by atoms with van der Waals surface area (Å²) in [4.78, 5) is 16.8. The molecule has 3 rings (SSSR count). The molecule has 3 aromatic rings. The van der Waals surface area contributed by atoms with E-state index >= 15 is 0 Å². The molecular formula is C16H13BrN2OS. The first-order chi connectivity index (χ1) is 10.2. The minimum Gasteiger partial charge on any atom is -0.298 e. The number of thiazole rings is 1. The fraction of sp³-hybridized carbons (Fsp3) is 0.125. The van der Waals surface area contributed by atoms with Crippen molar-refractivity contribution in [1.29, 1.82) is 0 Å². The van der Waals surface area contributed by atoms with Crippen molar-refractivity contribution in [2.75, 3.05) is 5.32 Å². The second kappa shape index (κ2) is 5.95. The van der Waals surface area contributed by atoms with Gasteiger partial charge in [0.15, 0.2) is 5.13 Å². The predicted octanol–water partition coefficient (Wildman–Crippen LogP) is 4.87. The third-order valence-corrected chi connectivity index (χ3v) is 4.85. The van der Waals surface area contributed by atoms with Gasteiger partial charge >= 0.3 is 0 Å². The molecule has 0 spiro atoms. The molecule has 0 radical (unpaired) electrons. The summed E-state index contributed by atoms with van der Waals surface area (Å²) in [6.07, 6.45) is 0.929. The van der Waals surface area contributed by atoms with Crippen molar-refractivity contribution in [2.45, 2.75) is 13.3 Å². The fourth-order valence-corrected chi connectivity index (χ4v) is 3.53. The molecule has 0 saturated carbocycles. The zero-order valence-corrected chi connectivity index (χ0v) is 13.8. The number of carbonyl (C=O) groups is 1. The summed E-state index contributed by atoms with van der Waals surface area (Å²) in [5.41, 5.74) is 2.78. The molecule has 0 fully saturated rings. The number of para-hydroxylation sites is 1. The first kappa shape index (κ1) is 14.2. The Kier molecular flexibility index (Phi) is 4.03. The Morgan fingerprint density at radius 3 is 2.81 bits per heavy atom. The number of benzene rings is 2. The van der Waals surface area contributed by atoms with Crippen LogP contribution < -0.4 is 5.32 Å². The Balaban J connectivity index is 1.92. The number of nitrogens with one attached hydrogen (secondary N) is 1. The molecule has 0 aliphatic carbocycles. The molecule has 0 atom stereocenters. The van der Waals surface area contributed by atoms with Gasteiger partial charge in [0.1, 0.15) is 0 Å². The number of rotatable bonds is 3. The third kappa shape index (κ3) is 2.84. The molecule has 106 valence electrons. The SMILES string of the molecule is CCc1cccc2sc(NC(=O)c3ccccc3Br)nc12. The first-order valence-electron chi connectivity index (χ1n) is 6.63. The lowest BCUT2D eigenvalue weighted by Gasteiger charge is -2.03. The van der Waals surface area contributed by atoms with Gasteiger partial charge in [0.05, 0.1) is 15.8 Å². The average molecular weight is 361 g/mol. The summed E-state index contributed by atoms with van der Waals surface area (Å²) in [5.74, 6) is -0.153. The largest absolute Gasteiger partial charge is 0.298 e. The highest BCUT2D eigenvalue weighted by atomic mass is 79.9. The standard InChI is InChI=1S/C16H13BrN2OS/c1-2-10-6-5-9-13-14(10)18-16(21-13)19-15(20)11-7-3-4-8-12(11)17/h3-9H,2H2,1H3,(H,18,19,20). The van der Waals surface area contributed by atoms with Crippen LogP contribution in [-0.4, -0.2) is 10.9 Å². The second-order valence-corrected chi connectivity index (χ2v) is 6.46. The van der Waals surface area contributed by atoms with E-state index in [0.717, 1.165) is 21.1 Å². The number of carbonyl (C=O) groups excluding carboxylic acids is 1. The zero-order valence-electron chi connectivity index (χ0n) is 11.4. The Hall–Kier alpha value is -1.72. The third-order valence-electron chi connectivity index (χ3n) is 3.22. The molecule has 0 aliphatic heterocycles. The highest BCUT2D eigenvalue weighted by Gasteiger charge is 2.13. The van der Waals surface area contributed by atoms with E-state index in [1.54, 1.807) is 6.07 Å². The van der Waals surface area contributed by atoms with Gasteiger partial charge in [-0.2, -0.15) is 0 Å². The predicted molar refractivity (Wildman–Crippen MR) is 91.1 cm³/mol. The molecule has 1 N–H and O–H groups in total. The summed E-state index contributed by atoms with van der Waals surface area (Å²) in [6.45, 7) is 2.10. The smallest absolute Gasteiger partial charge is 0.258 e. The molecule has 3 nitrogen and oxygen atoms in total. The summed E-state index contributed by atoms with van der Waals surface area (Å²) in [5, 5.41) is 3.51. The van der Waals surface area contributed by atoms with Crippen LogP contribution in [-0.2, 0) is 6.42 Å². The number of hydrogen-bond donors (Lipinski definition) is 1. The van der Waals surface area contributed by atoms with Crippen LogP contribution in [0.4, 0.5) is 5.13 Å². The average Bonchev–Trinajstić information content (AvgIpc) is 2.89. The van der Waals surface area contributed by atoms with Crippen LogP contribution >= 0.6 is 27.3 Å². The Morgan fingerprint density at radius 1 is 1.24 bits per heavy atom. The van der Waals surface area contributed by atoms with E-state index in [1.807, 2.05) is 30.3 Å². The Labute approximate surface area is 135 Å². The van der Waals surface area contributed by atoms with Gasteiger partial charge in [-0.25, -0.2) is 4.98 Å². The van der Waals surface area contributed by atoms with Gasteiger partial charge in [0.2, 0.25) is 0 Å². The number of hydrogen-bond acceptors (Lipinski definition) is 3. The first-order valence-corrected chi connectivity index (χ1v) is 8.24. The molecule has 1 amide bonds. The fourth-order valence-electron chi connectivity index (χ4n) is 2.15. The van der Waals surface area contributed by atoms with Gasteiger partial charge in [-0.05, 0) is 46.1 Å². The number of amides is 1. The molecule has 21 heavy (non-hydrogen) atoms. The van der Waals surface area contributed by atoms with Crippen LogP contribution in [0.3, 0.4) is 0 Å².